The molecule has 0 bridgehead atoms. The lowest BCUT2D eigenvalue weighted by Gasteiger charge is -2.50. The van der Waals surface area contributed by atoms with E-state index in [1.165, 1.54) is 6.92 Å². The van der Waals surface area contributed by atoms with Crippen LogP contribution < -0.4 is 0 Å². The van der Waals surface area contributed by atoms with Gasteiger partial charge in [-0.15, -0.1) is 0 Å². The van der Waals surface area contributed by atoms with E-state index in [9.17, 15) is 30.3 Å². The first-order chi connectivity index (χ1) is 26.9. The highest BCUT2D eigenvalue weighted by atomic mass is 16.7. The second-order valence-corrected chi connectivity index (χ2v) is 19.4. The number of rotatable bonds is 10. The summed E-state index contributed by atoms with van der Waals surface area (Å²) in [4.78, 5) is 11.6. The summed E-state index contributed by atoms with van der Waals surface area (Å²) < 4.78 is 39.0. The molecule has 6 heterocycles. The standard InChI is InChI=1S/C45H70O12/c1-26-21-36(55-45(24-26)37(47)12-11-33(54-45)25-42(6,51)41(49)50)27(2)9-10-32-15-19-44(53-32)18-14-31-23-34(30(5)38(48)40(31)57-44)35(46)22-29(4)39-28(3)13-17-43(56-39)16-7-8-20-52-43/h9-10,24,27-29,31-40,46-48,51H,5,7-8,11-23,25H2,1-4,6H3,(H,49,50)/b10-9+/t27-,28-,29+,31+,32+,33+,34+,35+,36+,37-,38-,39+,40-,42-,43+,44+,45-/m1/s1. The number of carboxylic acids is 1. The molecule has 0 radical (unpaired) electrons. The second-order valence-electron chi connectivity index (χ2n) is 19.4. The molecule has 0 amide bonds. The molecule has 3 spiro atoms. The molecule has 1 aliphatic carbocycles. The summed E-state index contributed by atoms with van der Waals surface area (Å²) in [5.41, 5.74) is -0.310. The third kappa shape index (κ3) is 9.16. The van der Waals surface area contributed by atoms with Gasteiger partial charge in [-0.3, -0.25) is 0 Å². The lowest BCUT2D eigenvalue weighted by atomic mass is 9.68. The number of hydrogen-bond donors (Lipinski definition) is 5. The van der Waals surface area contributed by atoms with Crippen molar-refractivity contribution in [2.45, 2.75) is 203 Å². The molecule has 7 aliphatic rings. The molecule has 12 heteroatoms. The Balaban J connectivity index is 0.920. The Kier molecular flexibility index (Phi) is 12.9. The van der Waals surface area contributed by atoms with Crippen molar-refractivity contribution in [2.24, 2.45) is 29.6 Å². The van der Waals surface area contributed by atoms with Gasteiger partial charge < -0.3 is 54.0 Å². The average Bonchev–Trinajstić information content (AvgIpc) is 3.56. The maximum Gasteiger partial charge on any atom is 0.335 e. The fraction of sp³-hybridized carbons (Fsp3) is 0.844. The molecule has 57 heavy (non-hydrogen) atoms. The van der Waals surface area contributed by atoms with E-state index in [0.29, 0.717) is 56.4 Å². The van der Waals surface area contributed by atoms with Gasteiger partial charge in [0.2, 0.25) is 5.79 Å². The summed E-state index contributed by atoms with van der Waals surface area (Å²) in [6.45, 7) is 14.8. The Hall–Kier alpha value is -1.71. The number of carbonyl (C=O) groups is 1. The molecule has 0 aromatic rings. The average molecular weight is 803 g/mol. The first-order valence-corrected chi connectivity index (χ1v) is 22.0. The van der Waals surface area contributed by atoms with E-state index in [1.54, 1.807) is 6.08 Å². The minimum Gasteiger partial charge on any atom is -0.479 e. The van der Waals surface area contributed by atoms with Gasteiger partial charge in [0.25, 0.3) is 0 Å². The fourth-order valence-electron chi connectivity index (χ4n) is 11.1. The predicted molar refractivity (Wildman–Crippen MR) is 211 cm³/mol. The number of ether oxygens (including phenoxy) is 6. The minimum atomic E-state index is -1.95. The number of hydrogen-bond acceptors (Lipinski definition) is 11. The summed E-state index contributed by atoms with van der Waals surface area (Å²) in [5, 5.41) is 54.2. The lowest BCUT2D eigenvalue weighted by Crippen LogP contribution is -2.57. The van der Waals surface area contributed by atoms with Crippen LogP contribution in [-0.2, 0) is 33.2 Å². The smallest absolute Gasteiger partial charge is 0.335 e. The van der Waals surface area contributed by atoms with Crippen LogP contribution in [-0.4, -0.2) is 110 Å². The summed E-state index contributed by atoms with van der Waals surface area (Å²) in [6, 6.07) is 0. The van der Waals surface area contributed by atoms with Gasteiger partial charge >= 0.3 is 5.97 Å². The number of carboxylic acid groups (broad SMARTS) is 1. The zero-order valence-electron chi connectivity index (χ0n) is 34.9. The number of aliphatic carboxylic acids is 1. The van der Waals surface area contributed by atoms with Gasteiger partial charge in [0, 0.05) is 43.9 Å². The van der Waals surface area contributed by atoms with Crippen molar-refractivity contribution in [3.05, 3.63) is 36.0 Å². The summed E-state index contributed by atoms with van der Waals surface area (Å²) in [6.07, 6.45) is 12.7. The molecule has 0 unspecified atom stereocenters. The van der Waals surface area contributed by atoms with Gasteiger partial charge in [-0.1, -0.05) is 45.1 Å². The Bertz CT molecular complexity index is 1500. The van der Waals surface area contributed by atoms with Crippen LogP contribution in [0.5, 0.6) is 0 Å². The molecule has 12 nitrogen and oxygen atoms in total. The zero-order valence-corrected chi connectivity index (χ0v) is 34.9. The molecule has 5 N–H and O–H groups in total. The van der Waals surface area contributed by atoms with Crippen LogP contribution in [0, 0.1) is 29.6 Å². The van der Waals surface area contributed by atoms with Gasteiger partial charge in [-0.2, -0.15) is 0 Å². The number of fused-ring (bicyclic) bond motifs is 1. The van der Waals surface area contributed by atoms with Crippen molar-refractivity contribution in [2.75, 3.05) is 6.61 Å². The molecule has 6 fully saturated rings. The molecule has 5 saturated heterocycles. The van der Waals surface area contributed by atoms with Gasteiger partial charge in [-0.25, -0.2) is 4.79 Å². The van der Waals surface area contributed by atoms with E-state index in [-0.39, 0.29) is 48.4 Å². The van der Waals surface area contributed by atoms with Crippen LogP contribution in [0.1, 0.15) is 131 Å². The first kappa shape index (κ1) is 43.4. The highest BCUT2D eigenvalue weighted by molar-refractivity contribution is 5.76. The maximum absolute atomic E-state index is 11.7. The second kappa shape index (κ2) is 17.0. The van der Waals surface area contributed by atoms with Crippen molar-refractivity contribution in [1.82, 2.24) is 0 Å². The molecule has 0 aromatic carbocycles. The summed E-state index contributed by atoms with van der Waals surface area (Å²) in [5.74, 6) is -3.67. The van der Waals surface area contributed by atoms with E-state index in [4.69, 9.17) is 28.4 Å². The van der Waals surface area contributed by atoms with Gasteiger partial charge in [-0.05, 0) is 107 Å². The Morgan fingerprint density at radius 2 is 1.75 bits per heavy atom. The van der Waals surface area contributed by atoms with Gasteiger partial charge in [0.05, 0.1) is 43.2 Å². The predicted octanol–water partition coefficient (Wildman–Crippen LogP) is 6.08. The first-order valence-electron chi connectivity index (χ1n) is 22.0. The molecule has 17 atom stereocenters. The minimum absolute atomic E-state index is 0.0132. The van der Waals surface area contributed by atoms with Crippen LogP contribution in [0.15, 0.2) is 36.0 Å². The van der Waals surface area contributed by atoms with Crippen molar-refractivity contribution in [1.29, 1.82) is 0 Å². The van der Waals surface area contributed by atoms with Gasteiger partial charge in [0.15, 0.2) is 17.2 Å². The molecular formula is C45H70O12. The van der Waals surface area contributed by atoms with Crippen molar-refractivity contribution in [3.8, 4) is 0 Å². The topological polar surface area (TPSA) is 174 Å². The molecule has 0 aromatic heterocycles. The Morgan fingerprint density at radius 1 is 1.00 bits per heavy atom. The Morgan fingerprint density at radius 3 is 2.49 bits per heavy atom. The van der Waals surface area contributed by atoms with Crippen LogP contribution in [0.25, 0.3) is 0 Å². The largest absolute Gasteiger partial charge is 0.479 e. The monoisotopic (exact) mass is 802 g/mol. The summed E-state index contributed by atoms with van der Waals surface area (Å²) >= 11 is 0. The van der Waals surface area contributed by atoms with Crippen molar-refractivity contribution < 1.29 is 58.7 Å². The highest BCUT2D eigenvalue weighted by Crippen LogP contribution is 2.50. The molecule has 6 aliphatic heterocycles. The maximum atomic E-state index is 11.7. The third-order valence-corrected chi connectivity index (χ3v) is 14.6. The number of aliphatic hydroxyl groups is 4. The van der Waals surface area contributed by atoms with Crippen molar-refractivity contribution >= 4 is 5.97 Å². The van der Waals surface area contributed by atoms with E-state index >= 15 is 0 Å². The van der Waals surface area contributed by atoms with E-state index in [0.717, 1.165) is 57.1 Å². The highest BCUT2D eigenvalue weighted by Gasteiger charge is 2.54. The quantitative estimate of drug-likeness (QED) is 0.161. The van der Waals surface area contributed by atoms with E-state index < -0.39 is 59.5 Å². The van der Waals surface area contributed by atoms with E-state index in [2.05, 4.69) is 39.5 Å². The fourth-order valence-corrected chi connectivity index (χ4v) is 11.1. The SMILES string of the molecule is C=C1[C@@H](O)[C@@H]2O[C@@]3(CC[C@H]2C[C@@H]1[C@@H](O)C[C@H](C)[C@H]1O[C@@]2(CCCCO2)CC[C@H]1C)CC[C@H](/C=C/[C@@H](C)[C@@H]1CC(C)=C[C@@]2(O[C@H](C[C@@](C)(O)C(=O)O)CC[C@H]2O)O1)O3. The van der Waals surface area contributed by atoms with E-state index in [1.807, 2.05) is 6.92 Å². The summed E-state index contributed by atoms with van der Waals surface area (Å²) in [7, 11) is 0. The number of aliphatic hydroxyl groups excluding tert-OH is 3. The van der Waals surface area contributed by atoms with Crippen LogP contribution in [0.4, 0.5) is 0 Å². The lowest BCUT2D eigenvalue weighted by molar-refractivity contribution is -0.320. The van der Waals surface area contributed by atoms with Crippen LogP contribution in [0.2, 0.25) is 0 Å². The molecular weight excluding hydrogens is 732 g/mol. The van der Waals surface area contributed by atoms with Crippen molar-refractivity contribution in [3.63, 3.8) is 0 Å². The van der Waals surface area contributed by atoms with Crippen LogP contribution in [0.3, 0.4) is 0 Å². The molecule has 322 valence electrons. The third-order valence-electron chi connectivity index (χ3n) is 14.6. The van der Waals surface area contributed by atoms with Gasteiger partial charge in [0.1, 0.15) is 12.2 Å². The molecule has 1 saturated carbocycles. The molecule has 7 rings (SSSR count). The van der Waals surface area contributed by atoms with Crippen LogP contribution >= 0.6 is 0 Å². The normalized spacial score (nSPS) is 45.4. The Labute approximate surface area is 339 Å². The zero-order chi connectivity index (χ0) is 40.9.